The van der Waals surface area contributed by atoms with Gasteiger partial charge in [-0.3, -0.25) is 15.0 Å². The van der Waals surface area contributed by atoms with Crippen molar-refractivity contribution in [2.45, 2.75) is 0 Å². The first-order valence-electron chi connectivity index (χ1n) is 12.3. The Bertz CT molecular complexity index is 1620. The van der Waals surface area contributed by atoms with Gasteiger partial charge in [0, 0.05) is 72.5 Å². The van der Waals surface area contributed by atoms with Crippen molar-refractivity contribution in [3.8, 4) is 50.8 Å². The SMILES string of the molecule is c1cc(-c2ccn(-c3cc(-n4ccc(-c5ccncc5)n4)cc(-n4ccc(-c5ccncc5)n4)c3)n2)ccn1. The first kappa shape index (κ1) is 22.5. The summed E-state index contributed by atoms with van der Waals surface area (Å²) in [6.45, 7) is 0. The highest BCUT2D eigenvalue weighted by molar-refractivity contribution is 5.62. The number of benzene rings is 1. The zero-order chi connectivity index (χ0) is 26.0. The Morgan fingerprint density at radius 3 is 0.923 bits per heavy atom. The number of pyridine rings is 3. The maximum absolute atomic E-state index is 4.84. The summed E-state index contributed by atoms with van der Waals surface area (Å²) in [5.41, 5.74) is 8.24. The third-order valence-corrected chi connectivity index (χ3v) is 6.38. The van der Waals surface area contributed by atoms with Crippen LogP contribution in [-0.4, -0.2) is 44.3 Å². The summed E-state index contributed by atoms with van der Waals surface area (Å²) in [5, 5.41) is 14.5. The van der Waals surface area contributed by atoms with E-state index in [0.29, 0.717) is 0 Å². The lowest BCUT2D eigenvalue weighted by atomic mass is 10.2. The summed E-state index contributed by atoms with van der Waals surface area (Å²) < 4.78 is 5.59. The van der Waals surface area contributed by atoms with E-state index in [2.05, 4.69) is 33.2 Å². The Morgan fingerprint density at radius 2 is 0.641 bits per heavy atom. The van der Waals surface area contributed by atoms with Gasteiger partial charge in [0.25, 0.3) is 0 Å². The fraction of sp³-hybridized carbons (Fsp3) is 0. The van der Waals surface area contributed by atoms with Gasteiger partial charge in [0.15, 0.2) is 0 Å². The molecule has 186 valence electrons. The predicted octanol–water partition coefficient (Wildman–Crippen LogP) is 5.43. The summed E-state index contributed by atoms with van der Waals surface area (Å²) >= 11 is 0. The largest absolute Gasteiger partial charge is 0.265 e. The minimum absolute atomic E-state index is 0.863. The maximum atomic E-state index is 4.84. The van der Waals surface area contributed by atoms with Crippen molar-refractivity contribution in [3.63, 3.8) is 0 Å². The second-order valence-corrected chi connectivity index (χ2v) is 8.85. The van der Waals surface area contributed by atoms with Crippen molar-refractivity contribution in [2.24, 2.45) is 0 Å². The van der Waals surface area contributed by atoms with E-state index in [0.717, 1.165) is 50.8 Å². The monoisotopic (exact) mass is 507 g/mol. The van der Waals surface area contributed by atoms with Crippen LogP contribution >= 0.6 is 0 Å². The van der Waals surface area contributed by atoms with Crippen LogP contribution in [0, 0.1) is 0 Å². The predicted molar refractivity (Wildman–Crippen MR) is 148 cm³/mol. The summed E-state index contributed by atoms with van der Waals surface area (Å²) in [5.74, 6) is 0. The van der Waals surface area contributed by atoms with Crippen LogP contribution in [0.1, 0.15) is 0 Å². The molecule has 0 saturated carbocycles. The number of aromatic nitrogens is 9. The molecule has 0 atom stereocenters. The van der Waals surface area contributed by atoms with Gasteiger partial charge in [0.2, 0.25) is 0 Å². The van der Waals surface area contributed by atoms with E-state index >= 15 is 0 Å². The lowest BCUT2D eigenvalue weighted by Crippen LogP contribution is -2.04. The van der Waals surface area contributed by atoms with Gasteiger partial charge >= 0.3 is 0 Å². The molecular formula is C30H21N9. The third kappa shape index (κ3) is 4.49. The van der Waals surface area contributed by atoms with E-state index in [1.807, 2.05) is 87.2 Å². The van der Waals surface area contributed by atoms with Gasteiger partial charge < -0.3 is 0 Å². The van der Waals surface area contributed by atoms with Crippen LogP contribution in [0.3, 0.4) is 0 Å². The lowest BCUT2D eigenvalue weighted by molar-refractivity contribution is 0.838. The molecule has 1 aromatic carbocycles. The fourth-order valence-corrected chi connectivity index (χ4v) is 4.41. The van der Waals surface area contributed by atoms with Gasteiger partial charge in [-0.25, -0.2) is 14.0 Å². The molecule has 7 rings (SSSR count). The number of rotatable bonds is 6. The van der Waals surface area contributed by atoms with Crippen LogP contribution in [0.2, 0.25) is 0 Å². The first-order valence-corrected chi connectivity index (χ1v) is 12.3. The Kier molecular flexibility index (Phi) is 5.56. The molecule has 9 nitrogen and oxygen atoms in total. The molecule has 0 aliphatic carbocycles. The maximum Gasteiger partial charge on any atom is 0.0928 e. The zero-order valence-corrected chi connectivity index (χ0v) is 20.6. The molecule has 0 radical (unpaired) electrons. The van der Waals surface area contributed by atoms with Crippen molar-refractivity contribution >= 4 is 0 Å². The molecule has 0 aliphatic rings. The minimum Gasteiger partial charge on any atom is -0.265 e. The normalized spacial score (nSPS) is 11.1. The highest BCUT2D eigenvalue weighted by Gasteiger charge is 2.12. The standard InChI is InChI=1S/C30H21N9/c1-10-31-11-2-22(1)28-7-16-37(34-28)25-19-26(38-17-8-29(35-38)23-3-12-32-13-4-23)21-27(20-25)39-18-9-30(36-39)24-5-14-33-15-6-24/h1-21H. The average Bonchev–Trinajstić information content (AvgIpc) is 3.80. The summed E-state index contributed by atoms with van der Waals surface area (Å²) in [6.07, 6.45) is 16.5. The third-order valence-electron chi connectivity index (χ3n) is 6.38. The van der Waals surface area contributed by atoms with E-state index in [-0.39, 0.29) is 0 Å². The van der Waals surface area contributed by atoms with Crippen LogP contribution in [-0.2, 0) is 0 Å². The van der Waals surface area contributed by atoms with E-state index in [4.69, 9.17) is 15.3 Å². The van der Waals surface area contributed by atoms with Gasteiger partial charge in [0.05, 0.1) is 34.1 Å². The summed E-state index contributed by atoms with van der Waals surface area (Å²) in [4.78, 5) is 12.3. The number of hydrogen-bond donors (Lipinski definition) is 0. The Labute approximate surface area is 223 Å². The van der Waals surface area contributed by atoms with Crippen LogP contribution in [0.15, 0.2) is 129 Å². The molecule has 6 heterocycles. The Balaban J connectivity index is 1.33. The number of nitrogens with zero attached hydrogens (tertiary/aromatic N) is 9. The van der Waals surface area contributed by atoms with Gasteiger partial charge in [-0.05, 0) is 72.8 Å². The van der Waals surface area contributed by atoms with Crippen LogP contribution in [0.25, 0.3) is 50.8 Å². The summed E-state index contributed by atoms with van der Waals surface area (Å²) in [7, 11) is 0. The highest BCUT2D eigenvalue weighted by Crippen LogP contribution is 2.25. The van der Waals surface area contributed by atoms with E-state index in [1.165, 1.54) is 0 Å². The van der Waals surface area contributed by atoms with Gasteiger partial charge in [0.1, 0.15) is 0 Å². The quantitative estimate of drug-likeness (QED) is 0.298. The number of hydrogen-bond acceptors (Lipinski definition) is 6. The Hall–Kier alpha value is -5.70. The van der Waals surface area contributed by atoms with Crippen LogP contribution in [0.5, 0.6) is 0 Å². The molecular weight excluding hydrogens is 486 g/mol. The molecule has 0 amide bonds. The second kappa shape index (κ2) is 9.64. The van der Waals surface area contributed by atoms with E-state index in [9.17, 15) is 0 Å². The molecule has 7 aromatic rings. The molecule has 0 bridgehead atoms. The molecule has 0 aliphatic heterocycles. The second-order valence-electron chi connectivity index (χ2n) is 8.85. The molecule has 0 N–H and O–H groups in total. The molecule has 0 fully saturated rings. The smallest absolute Gasteiger partial charge is 0.0928 e. The van der Waals surface area contributed by atoms with Crippen molar-refractivity contribution in [1.82, 2.24) is 44.3 Å². The zero-order valence-electron chi connectivity index (χ0n) is 20.6. The van der Waals surface area contributed by atoms with E-state index in [1.54, 1.807) is 37.2 Å². The molecule has 6 aromatic heterocycles. The van der Waals surface area contributed by atoms with Gasteiger partial charge in [-0.15, -0.1) is 0 Å². The summed E-state index contributed by atoms with van der Waals surface area (Å²) in [6, 6.07) is 23.8. The molecule has 9 heteroatoms. The van der Waals surface area contributed by atoms with Crippen molar-refractivity contribution in [2.75, 3.05) is 0 Å². The Morgan fingerprint density at radius 1 is 0.359 bits per heavy atom. The molecule has 39 heavy (non-hydrogen) atoms. The highest BCUT2D eigenvalue weighted by atomic mass is 15.3. The minimum atomic E-state index is 0.863. The molecule has 0 spiro atoms. The van der Waals surface area contributed by atoms with Gasteiger partial charge in [-0.2, -0.15) is 15.3 Å². The van der Waals surface area contributed by atoms with Crippen LogP contribution < -0.4 is 0 Å². The average molecular weight is 508 g/mol. The fourth-order valence-electron chi connectivity index (χ4n) is 4.41. The van der Waals surface area contributed by atoms with E-state index < -0.39 is 0 Å². The molecule has 0 saturated heterocycles. The van der Waals surface area contributed by atoms with Crippen molar-refractivity contribution in [3.05, 3.63) is 129 Å². The van der Waals surface area contributed by atoms with Crippen molar-refractivity contribution in [1.29, 1.82) is 0 Å². The van der Waals surface area contributed by atoms with Crippen molar-refractivity contribution < 1.29 is 0 Å². The van der Waals surface area contributed by atoms with Gasteiger partial charge in [-0.1, -0.05) is 0 Å². The first-order chi connectivity index (χ1) is 19.3. The lowest BCUT2D eigenvalue weighted by Gasteiger charge is -2.11. The topological polar surface area (TPSA) is 92.1 Å². The molecule has 0 unspecified atom stereocenters. The van der Waals surface area contributed by atoms with Crippen LogP contribution in [0.4, 0.5) is 0 Å².